The average Bonchev–Trinajstić information content (AvgIpc) is 3.35. The zero-order valence-electron chi connectivity index (χ0n) is 21.2. The van der Waals surface area contributed by atoms with Gasteiger partial charge in [0.15, 0.2) is 11.0 Å². The molecule has 0 bridgehead atoms. The van der Waals surface area contributed by atoms with Crippen molar-refractivity contribution in [3.05, 3.63) is 114 Å². The van der Waals surface area contributed by atoms with Crippen LogP contribution in [0.2, 0.25) is 0 Å². The van der Waals surface area contributed by atoms with Crippen molar-refractivity contribution in [1.82, 2.24) is 20.2 Å². The maximum atomic E-state index is 12.8. The van der Waals surface area contributed by atoms with Crippen molar-refractivity contribution in [2.75, 3.05) is 5.32 Å². The first-order valence-corrected chi connectivity index (χ1v) is 13.2. The highest BCUT2D eigenvalue weighted by Crippen LogP contribution is 2.27. The Morgan fingerprint density at radius 3 is 2.50 bits per heavy atom. The maximum absolute atomic E-state index is 12.8. The smallest absolute Gasteiger partial charge is 0.253 e. The molecule has 0 aliphatic heterocycles. The molecule has 1 aromatic heterocycles. The number of hydrogen-bond donors (Lipinski definition) is 2. The lowest BCUT2D eigenvalue weighted by atomic mass is 10.1. The zero-order valence-corrected chi connectivity index (χ0v) is 22.0. The first-order chi connectivity index (χ1) is 18.6. The molecular formula is C30H28N6OS. The maximum Gasteiger partial charge on any atom is 0.253 e. The van der Waals surface area contributed by atoms with Gasteiger partial charge in [0.1, 0.15) is 0 Å². The second-order valence-electron chi connectivity index (χ2n) is 8.86. The van der Waals surface area contributed by atoms with Crippen LogP contribution >= 0.6 is 11.8 Å². The number of nitrogens with one attached hydrogen (secondary N) is 2. The summed E-state index contributed by atoms with van der Waals surface area (Å²) in [5.41, 5.74) is 6.68. The first kappa shape index (κ1) is 25.2. The number of aryl methyl sites for hydroxylation is 1. The Hall–Kier alpha value is -4.43. The van der Waals surface area contributed by atoms with Crippen LogP contribution in [-0.4, -0.2) is 32.1 Å². The number of fused-ring (bicyclic) bond motifs is 1. The summed E-state index contributed by atoms with van der Waals surface area (Å²) in [6, 6.07) is 32.3. The predicted octanol–water partition coefficient (Wildman–Crippen LogP) is 5.97. The highest BCUT2D eigenvalue weighted by Gasteiger charge is 2.21. The Kier molecular flexibility index (Phi) is 7.80. The van der Waals surface area contributed by atoms with Crippen LogP contribution in [0.25, 0.3) is 16.5 Å². The van der Waals surface area contributed by atoms with Gasteiger partial charge in [-0.3, -0.25) is 9.36 Å². The summed E-state index contributed by atoms with van der Waals surface area (Å²) in [6.45, 7) is 4.33. The van der Waals surface area contributed by atoms with Gasteiger partial charge < -0.3 is 5.32 Å². The molecule has 1 heterocycles. The lowest BCUT2D eigenvalue weighted by molar-refractivity contribution is -0.120. The number of benzene rings is 4. The number of rotatable bonds is 9. The fourth-order valence-electron chi connectivity index (χ4n) is 4.01. The van der Waals surface area contributed by atoms with Crippen LogP contribution in [0.1, 0.15) is 23.9 Å². The van der Waals surface area contributed by atoms with Gasteiger partial charge in [-0.05, 0) is 43.0 Å². The van der Waals surface area contributed by atoms with Gasteiger partial charge in [0.05, 0.1) is 18.0 Å². The van der Waals surface area contributed by atoms with Crippen LogP contribution in [0.5, 0.6) is 0 Å². The number of carbonyl (C=O) groups excluding carboxylic acids is 1. The Balaban J connectivity index is 1.32. The molecule has 38 heavy (non-hydrogen) atoms. The highest BCUT2D eigenvalue weighted by atomic mass is 32.2. The summed E-state index contributed by atoms with van der Waals surface area (Å²) >= 11 is 1.34. The molecule has 0 aliphatic carbocycles. The van der Waals surface area contributed by atoms with E-state index in [-0.39, 0.29) is 5.91 Å². The Labute approximate surface area is 226 Å². The van der Waals surface area contributed by atoms with Gasteiger partial charge in [-0.2, -0.15) is 5.10 Å². The molecule has 190 valence electrons. The Morgan fingerprint density at radius 2 is 1.68 bits per heavy atom. The largest absolute Gasteiger partial charge is 0.377 e. The molecule has 0 saturated heterocycles. The number of carbonyl (C=O) groups is 1. The second-order valence-corrected chi connectivity index (χ2v) is 10.2. The van der Waals surface area contributed by atoms with Gasteiger partial charge >= 0.3 is 0 Å². The fraction of sp³-hybridized carbons (Fsp3) is 0.133. The number of aromatic nitrogens is 3. The third kappa shape index (κ3) is 5.92. The van der Waals surface area contributed by atoms with Crippen molar-refractivity contribution in [2.45, 2.75) is 30.8 Å². The van der Waals surface area contributed by atoms with E-state index in [0.717, 1.165) is 28.1 Å². The van der Waals surface area contributed by atoms with Crippen LogP contribution in [-0.2, 0) is 11.3 Å². The normalized spacial score (nSPS) is 12.1. The monoisotopic (exact) mass is 520 g/mol. The van der Waals surface area contributed by atoms with Gasteiger partial charge in [0.25, 0.3) is 5.91 Å². The van der Waals surface area contributed by atoms with Gasteiger partial charge in [-0.1, -0.05) is 96.2 Å². The minimum Gasteiger partial charge on any atom is -0.377 e. The number of para-hydroxylation sites is 1. The predicted molar refractivity (Wildman–Crippen MR) is 155 cm³/mol. The summed E-state index contributed by atoms with van der Waals surface area (Å²) in [4.78, 5) is 12.8. The van der Waals surface area contributed by atoms with Crippen LogP contribution in [0.3, 0.4) is 0 Å². The average molecular weight is 521 g/mol. The minimum atomic E-state index is -0.435. The first-order valence-electron chi connectivity index (χ1n) is 12.4. The molecule has 7 nitrogen and oxygen atoms in total. The summed E-state index contributed by atoms with van der Waals surface area (Å²) in [5.74, 6) is 0.535. The standard InChI is InChI=1S/C30H28N6OS/c1-21-15-17-23(18-16-21)19-32-34-29(37)22(2)38-30-35-33-28(36(30)25-11-4-3-5-12-25)20-31-27-14-8-10-24-9-6-7-13-26(24)27/h3-19,22,31H,20H2,1-2H3,(H,34,37). The van der Waals surface area contributed by atoms with E-state index in [2.05, 4.69) is 50.3 Å². The van der Waals surface area contributed by atoms with E-state index in [1.54, 1.807) is 6.21 Å². The molecule has 5 aromatic rings. The van der Waals surface area contributed by atoms with Crippen LogP contribution in [0.4, 0.5) is 5.69 Å². The number of amides is 1. The third-order valence-electron chi connectivity index (χ3n) is 6.06. The molecule has 1 unspecified atom stereocenters. The van der Waals surface area contributed by atoms with Gasteiger partial charge in [-0.15, -0.1) is 10.2 Å². The van der Waals surface area contributed by atoms with E-state index < -0.39 is 5.25 Å². The number of hydrazone groups is 1. The van der Waals surface area contributed by atoms with E-state index >= 15 is 0 Å². The van der Waals surface area contributed by atoms with Crippen molar-refractivity contribution in [3.63, 3.8) is 0 Å². The van der Waals surface area contributed by atoms with Crippen molar-refractivity contribution in [1.29, 1.82) is 0 Å². The molecule has 0 fully saturated rings. The van der Waals surface area contributed by atoms with E-state index in [1.165, 1.54) is 22.7 Å². The van der Waals surface area contributed by atoms with Crippen molar-refractivity contribution >= 4 is 40.3 Å². The van der Waals surface area contributed by atoms with E-state index in [9.17, 15) is 4.79 Å². The van der Waals surface area contributed by atoms with Crippen LogP contribution < -0.4 is 10.7 Å². The van der Waals surface area contributed by atoms with Gasteiger partial charge in [0, 0.05) is 16.8 Å². The van der Waals surface area contributed by atoms with E-state index in [1.807, 2.05) is 91.2 Å². The lowest BCUT2D eigenvalue weighted by Gasteiger charge is -2.14. The van der Waals surface area contributed by atoms with Gasteiger partial charge in [-0.25, -0.2) is 5.43 Å². The van der Waals surface area contributed by atoms with Gasteiger partial charge in [0.2, 0.25) is 0 Å². The number of anilines is 1. The Morgan fingerprint density at radius 1 is 0.947 bits per heavy atom. The van der Waals surface area contributed by atoms with E-state index in [0.29, 0.717) is 11.7 Å². The summed E-state index contributed by atoms with van der Waals surface area (Å²) in [7, 11) is 0. The van der Waals surface area contributed by atoms with Crippen LogP contribution in [0, 0.1) is 6.92 Å². The molecule has 4 aromatic carbocycles. The number of hydrogen-bond acceptors (Lipinski definition) is 6. The van der Waals surface area contributed by atoms with Crippen molar-refractivity contribution in [3.8, 4) is 5.69 Å². The summed E-state index contributed by atoms with van der Waals surface area (Å²) < 4.78 is 1.99. The molecular weight excluding hydrogens is 492 g/mol. The SMILES string of the molecule is Cc1ccc(C=NNC(=O)C(C)Sc2nnc(CNc3cccc4ccccc34)n2-c2ccccc2)cc1. The minimum absolute atomic E-state index is 0.212. The molecule has 0 aliphatic rings. The number of thioether (sulfide) groups is 1. The van der Waals surface area contributed by atoms with E-state index in [4.69, 9.17) is 0 Å². The molecule has 2 N–H and O–H groups in total. The van der Waals surface area contributed by atoms with Crippen molar-refractivity contribution < 1.29 is 4.79 Å². The topological polar surface area (TPSA) is 84.2 Å². The summed E-state index contributed by atoms with van der Waals surface area (Å²) in [5, 5.41) is 19.1. The molecule has 0 saturated carbocycles. The second kappa shape index (κ2) is 11.7. The quantitative estimate of drug-likeness (QED) is 0.142. The third-order valence-corrected chi connectivity index (χ3v) is 7.10. The molecule has 1 atom stereocenters. The molecule has 8 heteroatoms. The number of nitrogens with zero attached hydrogens (tertiary/aromatic N) is 4. The molecule has 0 radical (unpaired) electrons. The fourth-order valence-corrected chi connectivity index (χ4v) is 4.89. The summed E-state index contributed by atoms with van der Waals surface area (Å²) in [6.07, 6.45) is 1.64. The lowest BCUT2D eigenvalue weighted by Crippen LogP contribution is -2.27. The zero-order chi connectivity index (χ0) is 26.3. The molecule has 0 spiro atoms. The Bertz CT molecular complexity index is 1560. The molecule has 1 amide bonds. The van der Waals surface area contributed by atoms with Crippen molar-refractivity contribution in [2.24, 2.45) is 5.10 Å². The highest BCUT2D eigenvalue weighted by molar-refractivity contribution is 8.00. The molecule has 5 rings (SSSR count). The van der Waals surface area contributed by atoms with Crippen LogP contribution in [0.15, 0.2) is 107 Å².